The normalized spacial score (nSPS) is 13.0. The van der Waals surface area contributed by atoms with Crippen LogP contribution in [0.5, 0.6) is 0 Å². The Morgan fingerprint density at radius 3 is 2.60 bits per heavy atom. The molecule has 1 aromatic carbocycles. The summed E-state index contributed by atoms with van der Waals surface area (Å²) in [5, 5.41) is 11.4. The molecule has 20 heavy (non-hydrogen) atoms. The Morgan fingerprint density at radius 2 is 2.10 bits per heavy atom. The van der Waals surface area contributed by atoms with Gasteiger partial charge in [-0.25, -0.2) is 8.78 Å². The van der Waals surface area contributed by atoms with Gasteiger partial charge >= 0.3 is 12.3 Å². The standard InChI is InChI=1S/C11H11ClF4N2O2/c12-8-3-6(9(17)18-19)1-2-7(8)4-20-5-11(15,16)10(13)14/h1-3,10,19H,4-5H2,(H2,17,18). The summed E-state index contributed by atoms with van der Waals surface area (Å²) in [5.74, 6) is -4.39. The minimum Gasteiger partial charge on any atom is -0.409 e. The number of benzene rings is 1. The number of ether oxygens (including phenoxy) is 1. The summed E-state index contributed by atoms with van der Waals surface area (Å²) < 4.78 is 53.5. The Kier molecular flexibility index (Phi) is 5.58. The summed E-state index contributed by atoms with van der Waals surface area (Å²) in [7, 11) is 0. The Hall–Kier alpha value is -1.54. The molecule has 0 bridgehead atoms. The van der Waals surface area contributed by atoms with E-state index in [-0.39, 0.29) is 17.5 Å². The molecule has 0 aliphatic carbocycles. The molecule has 0 saturated heterocycles. The predicted octanol–water partition coefficient (Wildman–Crippen LogP) is 2.85. The van der Waals surface area contributed by atoms with Crippen molar-refractivity contribution in [2.75, 3.05) is 6.61 Å². The van der Waals surface area contributed by atoms with Crippen LogP contribution in [0.4, 0.5) is 17.6 Å². The van der Waals surface area contributed by atoms with Crippen molar-refractivity contribution in [3.63, 3.8) is 0 Å². The van der Waals surface area contributed by atoms with Gasteiger partial charge in [-0.05, 0) is 11.6 Å². The Labute approximate surface area is 116 Å². The van der Waals surface area contributed by atoms with Gasteiger partial charge < -0.3 is 15.7 Å². The first-order chi connectivity index (χ1) is 9.27. The van der Waals surface area contributed by atoms with Gasteiger partial charge in [0.2, 0.25) is 0 Å². The van der Waals surface area contributed by atoms with E-state index in [4.69, 9.17) is 22.5 Å². The summed E-state index contributed by atoms with van der Waals surface area (Å²) in [6, 6.07) is 4.15. The number of halogens is 5. The van der Waals surface area contributed by atoms with Crippen molar-refractivity contribution in [1.82, 2.24) is 0 Å². The van der Waals surface area contributed by atoms with Gasteiger partial charge in [-0.2, -0.15) is 8.78 Å². The molecule has 0 heterocycles. The highest BCUT2D eigenvalue weighted by molar-refractivity contribution is 6.31. The third kappa shape index (κ3) is 4.24. The van der Waals surface area contributed by atoms with Crippen LogP contribution in [0.3, 0.4) is 0 Å². The number of nitrogens with zero attached hydrogens (tertiary/aromatic N) is 1. The summed E-state index contributed by atoms with van der Waals surface area (Å²) in [6.45, 7) is -1.78. The van der Waals surface area contributed by atoms with Crippen LogP contribution in [0.1, 0.15) is 11.1 Å². The number of alkyl halides is 4. The SMILES string of the molecule is N/C(=N/O)c1ccc(COCC(F)(F)C(F)F)c(Cl)c1. The van der Waals surface area contributed by atoms with Gasteiger partial charge in [0.25, 0.3) is 0 Å². The van der Waals surface area contributed by atoms with Crippen LogP contribution in [0.15, 0.2) is 23.4 Å². The lowest BCUT2D eigenvalue weighted by atomic mass is 10.1. The van der Waals surface area contributed by atoms with Gasteiger partial charge in [0.15, 0.2) is 5.84 Å². The van der Waals surface area contributed by atoms with E-state index in [9.17, 15) is 17.6 Å². The second kappa shape index (κ2) is 6.76. The third-order valence-electron chi connectivity index (χ3n) is 2.33. The van der Waals surface area contributed by atoms with Crippen molar-refractivity contribution in [3.05, 3.63) is 34.3 Å². The van der Waals surface area contributed by atoms with E-state index < -0.39 is 19.0 Å². The zero-order chi connectivity index (χ0) is 15.3. The molecule has 112 valence electrons. The molecule has 3 N–H and O–H groups in total. The highest BCUT2D eigenvalue weighted by Crippen LogP contribution is 2.24. The minimum atomic E-state index is -4.21. The third-order valence-corrected chi connectivity index (χ3v) is 2.68. The lowest BCUT2D eigenvalue weighted by molar-refractivity contribution is -0.168. The first kappa shape index (κ1) is 16.5. The molecule has 0 saturated carbocycles. The first-order valence-electron chi connectivity index (χ1n) is 5.28. The van der Waals surface area contributed by atoms with Crippen molar-refractivity contribution in [1.29, 1.82) is 0 Å². The van der Waals surface area contributed by atoms with E-state index in [0.29, 0.717) is 11.1 Å². The Balaban J connectivity index is 2.66. The molecule has 1 rings (SSSR count). The van der Waals surface area contributed by atoms with Crippen molar-refractivity contribution in [2.45, 2.75) is 19.0 Å². The number of rotatable bonds is 6. The van der Waals surface area contributed by atoms with Gasteiger partial charge in [0, 0.05) is 10.6 Å². The molecule has 0 radical (unpaired) electrons. The summed E-state index contributed by atoms with van der Waals surface area (Å²) >= 11 is 5.84. The van der Waals surface area contributed by atoms with Gasteiger partial charge in [-0.1, -0.05) is 28.9 Å². The smallest absolute Gasteiger partial charge is 0.330 e. The van der Waals surface area contributed by atoms with Crippen LogP contribution >= 0.6 is 11.6 Å². The fourth-order valence-corrected chi connectivity index (χ4v) is 1.48. The fourth-order valence-electron chi connectivity index (χ4n) is 1.24. The Morgan fingerprint density at radius 1 is 1.45 bits per heavy atom. The van der Waals surface area contributed by atoms with Gasteiger partial charge in [0.05, 0.1) is 6.61 Å². The number of amidine groups is 1. The summed E-state index contributed by atoms with van der Waals surface area (Å²) in [4.78, 5) is 0. The van der Waals surface area contributed by atoms with Gasteiger partial charge in [-0.3, -0.25) is 0 Å². The molecule has 0 aromatic heterocycles. The highest BCUT2D eigenvalue weighted by Gasteiger charge is 2.40. The van der Waals surface area contributed by atoms with Crippen molar-refractivity contribution < 1.29 is 27.5 Å². The van der Waals surface area contributed by atoms with Crippen LogP contribution < -0.4 is 5.73 Å². The molecule has 0 fully saturated rings. The number of hydrogen-bond acceptors (Lipinski definition) is 3. The molecular weight excluding hydrogens is 304 g/mol. The lowest BCUT2D eigenvalue weighted by Crippen LogP contribution is -2.32. The minimum absolute atomic E-state index is 0.120. The molecule has 0 aliphatic rings. The molecule has 4 nitrogen and oxygen atoms in total. The van der Waals surface area contributed by atoms with Crippen LogP contribution in [0.25, 0.3) is 0 Å². The topological polar surface area (TPSA) is 67.8 Å². The fraction of sp³-hybridized carbons (Fsp3) is 0.364. The predicted molar refractivity (Wildman–Crippen MR) is 64.6 cm³/mol. The zero-order valence-corrected chi connectivity index (χ0v) is 10.7. The van der Waals surface area contributed by atoms with E-state index in [1.807, 2.05) is 0 Å². The average Bonchev–Trinajstić information content (AvgIpc) is 2.39. The van der Waals surface area contributed by atoms with E-state index in [1.165, 1.54) is 18.2 Å². The van der Waals surface area contributed by atoms with Crippen molar-refractivity contribution in [2.24, 2.45) is 10.9 Å². The zero-order valence-electron chi connectivity index (χ0n) is 9.99. The number of hydrogen-bond donors (Lipinski definition) is 2. The quantitative estimate of drug-likeness (QED) is 0.279. The Bertz CT molecular complexity index is 497. The van der Waals surface area contributed by atoms with E-state index in [2.05, 4.69) is 9.89 Å². The summed E-state index contributed by atoms with van der Waals surface area (Å²) in [5.41, 5.74) is 5.96. The van der Waals surface area contributed by atoms with Crippen molar-refractivity contribution in [3.8, 4) is 0 Å². The van der Waals surface area contributed by atoms with Gasteiger partial charge in [0.1, 0.15) is 6.61 Å². The highest BCUT2D eigenvalue weighted by atomic mass is 35.5. The molecule has 0 unspecified atom stereocenters. The average molecular weight is 315 g/mol. The molecule has 0 spiro atoms. The van der Waals surface area contributed by atoms with Gasteiger partial charge in [-0.15, -0.1) is 0 Å². The monoisotopic (exact) mass is 314 g/mol. The van der Waals surface area contributed by atoms with Crippen LogP contribution in [-0.2, 0) is 11.3 Å². The molecule has 0 atom stereocenters. The maximum atomic E-state index is 12.6. The lowest BCUT2D eigenvalue weighted by Gasteiger charge is -2.15. The number of oxime groups is 1. The second-order valence-corrected chi connectivity index (χ2v) is 4.25. The van der Waals surface area contributed by atoms with E-state index >= 15 is 0 Å². The maximum absolute atomic E-state index is 12.6. The molecular formula is C11H11ClF4N2O2. The van der Waals surface area contributed by atoms with Crippen LogP contribution in [0, 0.1) is 0 Å². The van der Waals surface area contributed by atoms with Crippen LogP contribution in [-0.4, -0.2) is 30.0 Å². The van der Waals surface area contributed by atoms with Crippen molar-refractivity contribution >= 4 is 17.4 Å². The molecule has 9 heteroatoms. The molecule has 1 aromatic rings. The van der Waals surface area contributed by atoms with E-state index in [0.717, 1.165) is 0 Å². The van der Waals surface area contributed by atoms with E-state index in [1.54, 1.807) is 0 Å². The molecule has 0 amide bonds. The maximum Gasteiger partial charge on any atom is 0.330 e. The second-order valence-electron chi connectivity index (χ2n) is 3.85. The number of nitrogens with two attached hydrogens (primary N) is 1. The first-order valence-corrected chi connectivity index (χ1v) is 5.65. The van der Waals surface area contributed by atoms with Crippen LogP contribution in [0.2, 0.25) is 5.02 Å². The molecule has 0 aliphatic heterocycles. The summed E-state index contributed by atoms with van der Waals surface area (Å²) in [6.07, 6.45) is -3.79. The largest absolute Gasteiger partial charge is 0.409 e.